The summed E-state index contributed by atoms with van der Waals surface area (Å²) in [6.45, 7) is 18.7. The molecule has 1 aliphatic heterocycles. The summed E-state index contributed by atoms with van der Waals surface area (Å²) >= 11 is 0. The second-order valence-corrected chi connectivity index (χ2v) is 14.2. The standard InChI is InChI=1S/C37H51N9O4/c1-7-20-45-33(47)29-26-39-34(42-32(29)46(45)31-14-12-13-30(41-31)37(5,6)49)40-27-15-17-28(18-16-27)44-24-22-43(23-25-44)21-11-9-8-10-19-38-35(48)50-36(2,3)4/h7,12-18,26,49H,1,8-11,19-25H2,2-6H3,(H,38,48)(H,39,40,42). The van der Waals surface area contributed by atoms with E-state index in [-0.39, 0.29) is 18.2 Å². The molecule has 0 unspecified atom stereocenters. The first-order valence-corrected chi connectivity index (χ1v) is 17.4. The van der Waals surface area contributed by atoms with E-state index < -0.39 is 11.2 Å². The molecule has 0 radical (unpaired) electrons. The maximum Gasteiger partial charge on any atom is 0.407 e. The number of nitrogens with one attached hydrogen (secondary N) is 2. The third-order valence-corrected chi connectivity index (χ3v) is 8.49. The number of nitrogens with zero attached hydrogens (tertiary/aromatic N) is 7. The molecular weight excluding hydrogens is 634 g/mol. The van der Waals surface area contributed by atoms with Crippen molar-refractivity contribution in [2.24, 2.45) is 0 Å². The fraction of sp³-hybridized carbons (Fsp3) is 0.486. The van der Waals surface area contributed by atoms with Gasteiger partial charge in [-0.05, 0) is 90.4 Å². The van der Waals surface area contributed by atoms with Crippen molar-refractivity contribution in [2.75, 3.05) is 49.5 Å². The van der Waals surface area contributed by atoms with Gasteiger partial charge in [0.2, 0.25) is 5.95 Å². The molecule has 0 saturated carbocycles. The molecule has 13 heteroatoms. The fourth-order valence-electron chi connectivity index (χ4n) is 5.92. The van der Waals surface area contributed by atoms with Gasteiger partial charge < -0.3 is 25.4 Å². The Balaban J connectivity index is 1.14. The van der Waals surface area contributed by atoms with Crippen molar-refractivity contribution in [1.29, 1.82) is 0 Å². The summed E-state index contributed by atoms with van der Waals surface area (Å²) in [5, 5.41) is 17.0. The SMILES string of the molecule is C=CCn1c(=O)c2cnc(Nc3ccc(N4CCN(CCCCCCNC(=O)OC(C)(C)C)CC4)cc3)nc2n1-c1cccc(C(C)(C)O)n1. The highest BCUT2D eigenvalue weighted by molar-refractivity contribution is 5.77. The zero-order valence-electron chi connectivity index (χ0n) is 30.0. The van der Waals surface area contributed by atoms with Crippen molar-refractivity contribution in [2.45, 2.75) is 78.0 Å². The molecule has 0 bridgehead atoms. The molecule has 268 valence electrons. The molecule has 3 aromatic heterocycles. The number of carbonyl (C=O) groups excluding carboxylic acids is 1. The molecule has 5 rings (SSSR count). The Morgan fingerprint density at radius 3 is 2.38 bits per heavy atom. The number of carbonyl (C=O) groups is 1. The molecule has 50 heavy (non-hydrogen) atoms. The van der Waals surface area contributed by atoms with E-state index in [2.05, 4.69) is 49.1 Å². The minimum Gasteiger partial charge on any atom is -0.444 e. The van der Waals surface area contributed by atoms with Crippen molar-refractivity contribution >= 4 is 34.4 Å². The number of amides is 1. The summed E-state index contributed by atoms with van der Waals surface area (Å²) in [4.78, 5) is 43.8. The quantitative estimate of drug-likeness (QED) is 0.118. The fourth-order valence-corrected chi connectivity index (χ4v) is 5.92. The number of rotatable bonds is 14. The minimum absolute atomic E-state index is 0.249. The maximum atomic E-state index is 13.3. The highest BCUT2D eigenvalue weighted by Gasteiger charge is 2.22. The largest absolute Gasteiger partial charge is 0.444 e. The van der Waals surface area contributed by atoms with Gasteiger partial charge in [0.25, 0.3) is 5.56 Å². The molecule has 0 atom stereocenters. The third kappa shape index (κ3) is 9.48. The molecule has 0 spiro atoms. The van der Waals surface area contributed by atoms with Crippen LogP contribution in [-0.4, -0.2) is 85.3 Å². The molecule has 4 aromatic rings. The van der Waals surface area contributed by atoms with Crippen LogP contribution in [-0.2, 0) is 16.9 Å². The lowest BCUT2D eigenvalue weighted by Crippen LogP contribution is -2.46. The molecule has 1 aliphatic rings. The van der Waals surface area contributed by atoms with Crippen LogP contribution in [0, 0.1) is 0 Å². The molecule has 3 N–H and O–H groups in total. The number of allylic oxidation sites excluding steroid dienone is 1. The van der Waals surface area contributed by atoms with Gasteiger partial charge in [-0.15, -0.1) is 6.58 Å². The number of piperazine rings is 1. The van der Waals surface area contributed by atoms with Gasteiger partial charge in [-0.25, -0.2) is 24.1 Å². The summed E-state index contributed by atoms with van der Waals surface area (Å²) in [5.74, 6) is 0.804. The number of alkyl carbamates (subject to hydrolysis) is 1. The van der Waals surface area contributed by atoms with Crippen molar-refractivity contribution in [3.05, 3.63) is 77.4 Å². The Morgan fingerprint density at radius 2 is 1.70 bits per heavy atom. The van der Waals surface area contributed by atoms with Gasteiger partial charge in [-0.2, -0.15) is 4.98 Å². The molecular formula is C37H51N9O4. The average Bonchev–Trinajstić information content (AvgIpc) is 3.34. The molecule has 1 saturated heterocycles. The van der Waals surface area contributed by atoms with E-state index in [1.54, 1.807) is 42.8 Å². The van der Waals surface area contributed by atoms with Gasteiger partial charge in [-0.3, -0.25) is 9.69 Å². The lowest BCUT2D eigenvalue weighted by molar-refractivity contribution is 0.0526. The van der Waals surface area contributed by atoms with Gasteiger partial charge >= 0.3 is 6.09 Å². The summed E-state index contributed by atoms with van der Waals surface area (Å²) in [6, 6.07) is 13.5. The first-order chi connectivity index (χ1) is 23.8. The molecule has 4 heterocycles. The van der Waals surface area contributed by atoms with E-state index in [9.17, 15) is 14.7 Å². The molecule has 13 nitrogen and oxygen atoms in total. The van der Waals surface area contributed by atoms with Gasteiger partial charge in [0.15, 0.2) is 11.5 Å². The maximum absolute atomic E-state index is 13.3. The van der Waals surface area contributed by atoms with Crippen LogP contribution >= 0.6 is 0 Å². The van der Waals surface area contributed by atoms with E-state index in [0.29, 0.717) is 35.0 Å². The van der Waals surface area contributed by atoms with Crippen LogP contribution in [0.15, 0.2) is 66.1 Å². The minimum atomic E-state index is -1.16. The molecule has 0 aliphatic carbocycles. The highest BCUT2D eigenvalue weighted by Crippen LogP contribution is 2.24. The van der Waals surface area contributed by atoms with E-state index in [1.807, 2.05) is 32.9 Å². The number of ether oxygens (including phenoxy) is 1. The van der Waals surface area contributed by atoms with Gasteiger partial charge in [-0.1, -0.05) is 25.0 Å². The number of hydrogen-bond donors (Lipinski definition) is 3. The Kier molecular flexibility index (Phi) is 11.6. The summed E-state index contributed by atoms with van der Waals surface area (Å²) in [7, 11) is 0. The van der Waals surface area contributed by atoms with Crippen LogP contribution in [0.5, 0.6) is 0 Å². The summed E-state index contributed by atoms with van der Waals surface area (Å²) < 4.78 is 8.44. The zero-order chi connectivity index (χ0) is 35.9. The first-order valence-electron chi connectivity index (χ1n) is 17.4. The second kappa shape index (κ2) is 15.9. The number of fused-ring (bicyclic) bond motifs is 1. The number of hydrogen-bond acceptors (Lipinski definition) is 10. The smallest absolute Gasteiger partial charge is 0.407 e. The predicted octanol–water partition coefficient (Wildman–Crippen LogP) is 5.34. The molecule has 1 fully saturated rings. The van der Waals surface area contributed by atoms with Crippen molar-refractivity contribution in [3.63, 3.8) is 0 Å². The van der Waals surface area contributed by atoms with E-state index in [1.165, 1.54) is 10.9 Å². The van der Waals surface area contributed by atoms with Gasteiger partial charge in [0.1, 0.15) is 16.6 Å². The van der Waals surface area contributed by atoms with Crippen molar-refractivity contribution in [3.8, 4) is 5.82 Å². The van der Waals surface area contributed by atoms with Crippen LogP contribution in [0.25, 0.3) is 16.9 Å². The number of aliphatic hydroxyl groups is 1. The monoisotopic (exact) mass is 685 g/mol. The Labute approximate surface area is 294 Å². The highest BCUT2D eigenvalue weighted by atomic mass is 16.6. The van der Waals surface area contributed by atoms with Gasteiger partial charge in [0.05, 0.1) is 12.2 Å². The second-order valence-electron chi connectivity index (χ2n) is 14.2. The lowest BCUT2D eigenvalue weighted by Gasteiger charge is -2.36. The summed E-state index contributed by atoms with van der Waals surface area (Å²) in [5.41, 5.74) is 0.989. The number of anilines is 3. The summed E-state index contributed by atoms with van der Waals surface area (Å²) in [6.07, 6.45) is 7.17. The zero-order valence-corrected chi connectivity index (χ0v) is 30.0. The third-order valence-electron chi connectivity index (χ3n) is 8.49. The van der Waals surface area contributed by atoms with Crippen molar-refractivity contribution < 1.29 is 14.6 Å². The van der Waals surface area contributed by atoms with Crippen LogP contribution in [0.2, 0.25) is 0 Å². The average molecular weight is 686 g/mol. The predicted molar refractivity (Wildman–Crippen MR) is 197 cm³/mol. The van der Waals surface area contributed by atoms with E-state index in [4.69, 9.17) is 9.72 Å². The van der Waals surface area contributed by atoms with E-state index in [0.717, 1.165) is 69.8 Å². The molecule has 1 amide bonds. The van der Waals surface area contributed by atoms with Crippen molar-refractivity contribution in [1.82, 2.24) is 34.5 Å². The first kappa shape index (κ1) is 36.5. The normalized spacial score (nSPS) is 14.2. The topological polar surface area (TPSA) is 143 Å². The van der Waals surface area contributed by atoms with Crippen LogP contribution in [0.3, 0.4) is 0 Å². The van der Waals surface area contributed by atoms with E-state index >= 15 is 0 Å². The van der Waals surface area contributed by atoms with Gasteiger partial charge in [0, 0.05) is 50.3 Å². The van der Waals surface area contributed by atoms with Crippen LogP contribution in [0.1, 0.15) is 66.0 Å². The Morgan fingerprint density at radius 1 is 0.980 bits per heavy atom. The van der Waals surface area contributed by atoms with Crippen LogP contribution in [0.4, 0.5) is 22.1 Å². The number of benzene rings is 1. The number of aromatic nitrogens is 5. The molecule has 1 aromatic carbocycles. The lowest BCUT2D eigenvalue weighted by atomic mass is 10.1. The Hall–Kier alpha value is -4.75. The number of unbranched alkanes of at least 4 members (excludes halogenated alkanes) is 3. The van der Waals surface area contributed by atoms with Crippen LogP contribution < -0.4 is 21.1 Å². The Bertz CT molecular complexity index is 1810. The number of pyridine rings is 1.